The van der Waals surface area contributed by atoms with Gasteiger partial charge in [-0.05, 0) is 19.9 Å². The van der Waals surface area contributed by atoms with Crippen LogP contribution in [-0.4, -0.2) is 261 Å². The maximum Gasteiger partial charge on any atom is 0.337 e. The molecule has 0 aromatic carbocycles. The zero-order valence-corrected chi connectivity index (χ0v) is 43.4. The molecule has 0 spiro atoms. The zero-order chi connectivity index (χ0) is 51.5. The summed E-state index contributed by atoms with van der Waals surface area (Å²) in [5, 5.41) is 0. The lowest BCUT2D eigenvalue weighted by Crippen LogP contribution is -2.66. The fourth-order valence-corrected chi connectivity index (χ4v) is 9.73. The van der Waals surface area contributed by atoms with Gasteiger partial charge in [0.05, 0.1) is 130 Å². The molecule has 3 aliphatic rings. The Morgan fingerprint density at radius 2 is 0.925 bits per heavy atom. The average Bonchev–Trinajstić information content (AvgIpc) is 3.19. The van der Waals surface area contributed by atoms with E-state index in [-0.39, 0.29) is 48.6 Å². The molecule has 0 N–H and O–H groups in total. The maximum atomic E-state index is 11.8. The number of carbonyl (C=O) groups is 3. The number of hydrogen-bond donors (Lipinski definition) is 0. The Kier molecular flexibility index (Phi) is 25.0. The maximum absolute atomic E-state index is 11.8. The Morgan fingerprint density at radius 3 is 1.30 bits per heavy atom. The molecule has 0 aromatic rings. The molecule has 0 radical (unpaired) electrons. The Balaban J connectivity index is 0.000000517. The van der Waals surface area contributed by atoms with Crippen LogP contribution in [0.5, 0.6) is 0 Å². The lowest BCUT2D eigenvalue weighted by molar-refractivity contribution is -1.03. The van der Waals surface area contributed by atoms with Gasteiger partial charge in [0, 0.05) is 59.8 Å². The van der Waals surface area contributed by atoms with E-state index < -0.39 is 57.8 Å². The molecule has 1 unspecified atom stereocenters. The van der Waals surface area contributed by atoms with Crippen molar-refractivity contribution in [2.45, 2.75) is 39.5 Å². The number of piperazine rings is 3. The van der Waals surface area contributed by atoms with Crippen molar-refractivity contribution < 1.29 is 89.5 Å². The summed E-state index contributed by atoms with van der Waals surface area (Å²) in [6, 6.07) is 0. The SMILES string of the molecule is C=C(C)C(=O)OCN1CC[N+](C)(CCCS(=O)(=O)[O-])CC1.C=C(C)C(=O)OC[N+]1(CCCS(=O)(=O)[O-])CC[N+](C)(CCCS(=C)(=O)[O-])CC1.C=CC(=O)N1CC[N+](C)(CCCS(=O)(=O)[O-])CC1. The van der Waals surface area contributed by atoms with E-state index in [4.69, 9.17) is 9.47 Å². The third kappa shape index (κ3) is 27.8. The predicted octanol–water partition coefficient (Wildman–Crippen LogP) is -1.33. The number of amides is 1. The van der Waals surface area contributed by atoms with Crippen LogP contribution < -0.4 is 0 Å². The van der Waals surface area contributed by atoms with Crippen LogP contribution in [0.25, 0.3) is 0 Å². The summed E-state index contributed by atoms with van der Waals surface area (Å²) in [6.07, 6.45) is 2.77. The van der Waals surface area contributed by atoms with Crippen molar-refractivity contribution in [1.82, 2.24) is 9.80 Å². The fourth-order valence-electron chi connectivity index (χ4n) is 7.72. The van der Waals surface area contributed by atoms with Crippen molar-refractivity contribution in [2.75, 3.05) is 162 Å². The van der Waals surface area contributed by atoms with Crippen LogP contribution in [0.3, 0.4) is 0 Å². The first-order valence-corrected chi connectivity index (χ1v) is 28.6. The Hall–Kier alpha value is -2.86. The number of ether oxygens (including phenoxy) is 2. The topological polar surface area (TPSA) is 288 Å². The standard InChI is InChI=1S/C17H32N2O7S2.C13H24N2O5S.C11H20N2O4S/c1-16(2)17(20)26-15-19(8-6-14-28(23,24)25)11-9-18(3,10-12-19)7-5-13-27(4,21)22;1-12(2)13(16)20-11-14-5-8-15(3,9-6-14)7-4-10-21(17,18)19;1-3-11(14)12-5-8-13(2,9-6-12)7-4-10-18(15,16)17/h1,4-15H2,2-3H3;1,4-11H2,2-3H3;3H,1,4-10H2,2H3. The highest BCUT2D eigenvalue weighted by Crippen LogP contribution is 2.21. The van der Waals surface area contributed by atoms with Gasteiger partial charge in [0.25, 0.3) is 0 Å². The first kappa shape index (κ1) is 62.2. The van der Waals surface area contributed by atoms with Gasteiger partial charge in [-0.3, -0.25) is 18.4 Å². The summed E-state index contributed by atoms with van der Waals surface area (Å²) in [7, 11) is -9.66. The number of carbonyl (C=O) groups excluding carboxylic acids is 3. The van der Waals surface area contributed by atoms with Crippen LogP contribution >= 0.6 is 0 Å². The summed E-state index contributed by atoms with van der Waals surface area (Å²) < 4.78 is 132. The average molecular weight is 1040 g/mol. The van der Waals surface area contributed by atoms with E-state index in [1.165, 1.54) is 6.08 Å². The number of quaternary nitrogens is 4. The van der Waals surface area contributed by atoms with E-state index >= 15 is 0 Å². The number of rotatable bonds is 23. The van der Waals surface area contributed by atoms with Crippen LogP contribution in [0.15, 0.2) is 37.0 Å². The number of likely N-dealkylation sites (N-methyl/N-ethyl adjacent to an activating group) is 3. The quantitative estimate of drug-likeness (QED) is 0.0377. The van der Waals surface area contributed by atoms with Crippen LogP contribution in [0.2, 0.25) is 0 Å². The summed E-state index contributed by atoms with van der Waals surface area (Å²) in [4.78, 5) is 38.3. The van der Waals surface area contributed by atoms with E-state index in [9.17, 15) is 62.1 Å². The Bertz CT molecular complexity index is 2130. The van der Waals surface area contributed by atoms with Crippen LogP contribution in [0.1, 0.15) is 39.5 Å². The number of nitrogens with zero attached hydrogens (tertiary/aromatic N) is 6. The second kappa shape index (κ2) is 26.9. The van der Waals surface area contributed by atoms with Crippen LogP contribution in [0.4, 0.5) is 0 Å². The molecule has 3 fully saturated rings. The molecule has 0 bridgehead atoms. The second-order valence-electron chi connectivity index (χ2n) is 18.9. The van der Waals surface area contributed by atoms with Crippen LogP contribution in [-0.2, 0) is 64.0 Å². The normalized spacial score (nSPS) is 22.9. The molecule has 3 rings (SSSR count). The molecule has 67 heavy (non-hydrogen) atoms. The molecule has 3 aliphatic heterocycles. The molecule has 390 valence electrons. The molecule has 26 heteroatoms. The molecule has 3 saturated heterocycles. The van der Waals surface area contributed by atoms with Gasteiger partial charge >= 0.3 is 11.9 Å². The Morgan fingerprint density at radius 1 is 0.567 bits per heavy atom. The molecule has 1 atom stereocenters. The Labute approximate surface area is 400 Å². The van der Waals surface area contributed by atoms with Crippen molar-refractivity contribution in [3.8, 4) is 0 Å². The molecule has 3 heterocycles. The largest absolute Gasteiger partial charge is 0.778 e. The molecule has 0 aliphatic carbocycles. The van der Waals surface area contributed by atoms with E-state index in [1.807, 2.05) is 19.0 Å². The first-order chi connectivity index (χ1) is 30.5. The van der Waals surface area contributed by atoms with Gasteiger partial charge in [-0.25, -0.2) is 34.8 Å². The van der Waals surface area contributed by atoms with E-state index in [2.05, 4.69) is 32.7 Å². The summed E-state index contributed by atoms with van der Waals surface area (Å²) in [5.74, 6) is 1.16. The van der Waals surface area contributed by atoms with Gasteiger partial charge in [0.1, 0.15) is 32.9 Å². The third-order valence-electron chi connectivity index (χ3n) is 12.4. The first-order valence-electron chi connectivity index (χ1n) is 22.0. The molecular formula is C41H76N6O16S4. The lowest BCUT2D eigenvalue weighted by atomic mass is 10.2. The second-order valence-corrected chi connectivity index (χ2v) is 25.3. The molecular weight excluding hydrogens is 961 g/mol. The van der Waals surface area contributed by atoms with E-state index in [0.717, 1.165) is 56.8 Å². The summed E-state index contributed by atoms with van der Waals surface area (Å²) in [6.45, 7) is 25.2. The minimum atomic E-state index is -4.29. The van der Waals surface area contributed by atoms with Crippen molar-refractivity contribution in [2.24, 2.45) is 0 Å². The lowest BCUT2D eigenvalue weighted by Gasteiger charge is -2.47. The minimum Gasteiger partial charge on any atom is -0.778 e. The summed E-state index contributed by atoms with van der Waals surface area (Å²) in [5.41, 5.74) is 0.666. The van der Waals surface area contributed by atoms with Gasteiger partial charge in [-0.1, -0.05) is 35.4 Å². The number of hydrogen-bond acceptors (Lipinski definition) is 17. The molecule has 22 nitrogen and oxygen atoms in total. The molecule has 1 amide bonds. The fraction of sp³-hybridized carbons (Fsp3) is 0.756. The zero-order valence-electron chi connectivity index (χ0n) is 40.1. The smallest absolute Gasteiger partial charge is 0.337 e. The van der Waals surface area contributed by atoms with E-state index in [1.54, 1.807) is 18.7 Å². The predicted molar refractivity (Wildman–Crippen MR) is 250 cm³/mol. The minimum absolute atomic E-state index is 0.0401. The van der Waals surface area contributed by atoms with Crippen molar-refractivity contribution in [3.63, 3.8) is 0 Å². The van der Waals surface area contributed by atoms with Gasteiger partial charge < -0.3 is 46.0 Å². The summed E-state index contributed by atoms with van der Waals surface area (Å²) >= 11 is 0. The highest BCUT2D eigenvalue weighted by atomic mass is 32.2. The van der Waals surface area contributed by atoms with Gasteiger partial charge in [-0.2, -0.15) is 0 Å². The van der Waals surface area contributed by atoms with Gasteiger partial charge in [0.2, 0.25) is 12.6 Å². The van der Waals surface area contributed by atoms with Gasteiger partial charge in [0.15, 0.2) is 0 Å². The highest BCUT2D eigenvalue weighted by molar-refractivity contribution is 7.95. The third-order valence-corrected chi connectivity index (χ3v) is 15.6. The van der Waals surface area contributed by atoms with Crippen LogP contribution in [0, 0.1) is 0 Å². The molecule has 0 saturated carbocycles. The number of esters is 2. The van der Waals surface area contributed by atoms with Crippen molar-refractivity contribution in [1.29, 1.82) is 0 Å². The van der Waals surface area contributed by atoms with Crippen molar-refractivity contribution in [3.05, 3.63) is 37.0 Å². The molecule has 0 aromatic heterocycles. The van der Waals surface area contributed by atoms with Crippen molar-refractivity contribution >= 4 is 63.9 Å². The monoisotopic (exact) mass is 1040 g/mol. The highest BCUT2D eigenvalue weighted by Gasteiger charge is 2.40. The van der Waals surface area contributed by atoms with Gasteiger partial charge in [-0.15, -0.1) is 0 Å². The van der Waals surface area contributed by atoms with E-state index in [0.29, 0.717) is 90.6 Å².